The maximum atomic E-state index is 13.0. The molecule has 5 heteroatoms. The number of carboxylic acid groups (broad SMARTS) is 1. The number of aryl methyl sites for hydroxylation is 1. The number of hydrogen-bond acceptors (Lipinski definition) is 2. The Morgan fingerprint density at radius 2 is 1.66 bits per heavy atom. The smallest absolute Gasteiger partial charge is 0.326 e. The summed E-state index contributed by atoms with van der Waals surface area (Å²) in [4.78, 5) is 24.9. The molecule has 4 aliphatic carbocycles. The van der Waals surface area contributed by atoms with Gasteiger partial charge < -0.3 is 15.7 Å². The number of nitrogens with one attached hydrogen (secondary N) is 2. The van der Waals surface area contributed by atoms with Gasteiger partial charge in [0.15, 0.2) is 0 Å². The van der Waals surface area contributed by atoms with Crippen LogP contribution in [0.15, 0.2) is 54.6 Å². The molecule has 5 atom stereocenters. The van der Waals surface area contributed by atoms with Crippen LogP contribution in [0.5, 0.6) is 0 Å². The van der Waals surface area contributed by atoms with Crippen LogP contribution in [0.25, 0.3) is 0 Å². The fourth-order valence-electron chi connectivity index (χ4n) is 7.14. The third-order valence-corrected chi connectivity index (χ3v) is 7.99. The lowest BCUT2D eigenvalue weighted by atomic mass is 9.45. The average molecular weight is 433 g/mol. The molecular weight excluding hydrogens is 400 g/mol. The summed E-state index contributed by atoms with van der Waals surface area (Å²) >= 11 is 0. The topological polar surface area (TPSA) is 78.4 Å². The molecule has 6 rings (SSSR count). The Kier molecular flexibility index (Phi) is 5.23. The van der Waals surface area contributed by atoms with E-state index < -0.39 is 12.0 Å². The molecule has 2 amide bonds. The van der Waals surface area contributed by atoms with Crippen LogP contribution in [0.4, 0.5) is 4.79 Å². The monoisotopic (exact) mass is 432 g/mol. The first kappa shape index (κ1) is 21.0. The first-order valence-corrected chi connectivity index (χ1v) is 11.8. The number of carbonyl (C=O) groups excluding carboxylic acids is 1. The lowest BCUT2D eigenvalue weighted by Gasteiger charge is -2.62. The van der Waals surface area contributed by atoms with Crippen molar-refractivity contribution >= 4 is 12.0 Å². The highest BCUT2D eigenvalue weighted by atomic mass is 16.4. The van der Waals surface area contributed by atoms with E-state index in [0.717, 1.165) is 24.8 Å². The van der Waals surface area contributed by atoms with Crippen molar-refractivity contribution in [3.63, 3.8) is 0 Å². The molecule has 4 bridgehead atoms. The van der Waals surface area contributed by atoms with Gasteiger partial charge in [-0.2, -0.15) is 0 Å². The maximum Gasteiger partial charge on any atom is 0.326 e. The predicted molar refractivity (Wildman–Crippen MR) is 124 cm³/mol. The highest BCUT2D eigenvalue weighted by molar-refractivity contribution is 5.83. The molecule has 4 aliphatic rings. The third-order valence-electron chi connectivity index (χ3n) is 7.99. The number of carboxylic acids is 1. The van der Waals surface area contributed by atoms with Gasteiger partial charge in [-0.1, -0.05) is 60.2 Å². The van der Waals surface area contributed by atoms with Crippen LogP contribution in [-0.4, -0.2) is 28.7 Å². The fourth-order valence-corrected chi connectivity index (χ4v) is 7.14. The minimum Gasteiger partial charge on any atom is -0.480 e. The van der Waals surface area contributed by atoms with Crippen molar-refractivity contribution in [3.8, 4) is 0 Å². The molecule has 0 aliphatic heterocycles. The molecule has 0 saturated heterocycles. The van der Waals surface area contributed by atoms with Crippen LogP contribution in [-0.2, 0) is 16.6 Å². The van der Waals surface area contributed by atoms with Gasteiger partial charge in [0.1, 0.15) is 6.04 Å². The van der Waals surface area contributed by atoms with E-state index in [2.05, 4.69) is 41.8 Å². The zero-order valence-corrected chi connectivity index (χ0v) is 18.6. The van der Waals surface area contributed by atoms with Crippen molar-refractivity contribution in [2.75, 3.05) is 0 Å². The average Bonchev–Trinajstić information content (AvgIpc) is 2.73. The minimum absolute atomic E-state index is 0.126. The number of amides is 2. The van der Waals surface area contributed by atoms with Gasteiger partial charge in [0.25, 0.3) is 0 Å². The van der Waals surface area contributed by atoms with E-state index in [0.29, 0.717) is 11.8 Å². The molecule has 0 spiro atoms. The zero-order chi connectivity index (χ0) is 22.3. The molecule has 5 nitrogen and oxygen atoms in total. The lowest BCUT2D eigenvalue weighted by Crippen LogP contribution is -2.66. The molecule has 2 unspecified atom stereocenters. The molecular formula is C27H32N2O3. The molecule has 4 fully saturated rings. The molecule has 168 valence electrons. The van der Waals surface area contributed by atoms with Crippen molar-refractivity contribution in [3.05, 3.63) is 71.3 Å². The van der Waals surface area contributed by atoms with Crippen molar-refractivity contribution in [2.24, 2.45) is 11.8 Å². The van der Waals surface area contributed by atoms with E-state index in [9.17, 15) is 14.7 Å². The Hall–Kier alpha value is -2.82. The Morgan fingerprint density at radius 1 is 1.00 bits per heavy atom. The van der Waals surface area contributed by atoms with E-state index in [1.54, 1.807) is 0 Å². The first-order chi connectivity index (χ1) is 15.3. The van der Waals surface area contributed by atoms with Gasteiger partial charge in [-0.05, 0) is 73.8 Å². The first-order valence-electron chi connectivity index (χ1n) is 11.8. The van der Waals surface area contributed by atoms with Crippen LogP contribution >= 0.6 is 0 Å². The van der Waals surface area contributed by atoms with Crippen molar-refractivity contribution in [1.29, 1.82) is 0 Å². The number of benzene rings is 2. The Morgan fingerprint density at radius 3 is 2.28 bits per heavy atom. The van der Waals surface area contributed by atoms with Gasteiger partial charge in [-0.3, -0.25) is 0 Å². The van der Waals surface area contributed by atoms with Crippen LogP contribution in [0.2, 0.25) is 0 Å². The number of carbonyl (C=O) groups is 2. The van der Waals surface area contributed by atoms with Crippen molar-refractivity contribution < 1.29 is 14.7 Å². The Bertz CT molecular complexity index is 987. The van der Waals surface area contributed by atoms with Crippen LogP contribution in [0.1, 0.15) is 55.2 Å². The van der Waals surface area contributed by atoms with Gasteiger partial charge in [-0.15, -0.1) is 0 Å². The molecule has 2 aromatic rings. The summed E-state index contributed by atoms with van der Waals surface area (Å²) in [6.45, 7) is 2.12. The summed E-state index contributed by atoms with van der Waals surface area (Å²) in [6.07, 6.45) is 6.87. The summed E-state index contributed by atoms with van der Waals surface area (Å²) in [5.41, 5.74) is 3.45. The van der Waals surface area contributed by atoms with E-state index in [1.807, 2.05) is 30.3 Å². The summed E-state index contributed by atoms with van der Waals surface area (Å²) in [5.74, 6) is 0.237. The largest absolute Gasteiger partial charge is 0.480 e. The normalized spacial score (nSPS) is 31.2. The van der Waals surface area contributed by atoms with E-state index in [1.165, 1.54) is 30.4 Å². The van der Waals surface area contributed by atoms with E-state index >= 15 is 0 Å². The van der Waals surface area contributed by atoms with Crippen LogP contribution < -0.4 is 10.6 Å². The quantitative estimate of drug-likeness (QED) is 0.625. The second kappa shape index (κ2) is 7.95. The fraction of sp³-hybridized carbons (Fsp3) is 0.481. The van der Waals surface area contributed by atoms with Gasteiger partial charge in [0.2, 0.25) is 0 Å². The zero-order valence-electron chi connectivity index (χ0n) is 18.6. The van der Waals surface area contributed by atoms with Crippen molar-refractivity contribution in [2.45, 2.75) is 68.9 Å². The Labute approximate surface area is 189 Å². The number of aliphatic carboxylic acids is 1. The second-order valence-electron chi connectivity index (χ2n) is 10.6. The van der Waals surface area contributed by atoms with Gasteiger partial charge in [-0.25, -0.2) is 9.59 Å². The second-order valence-corrected chi connectivity index (χ2v) is 10.6. The standard InChI is InChI=1S/C27H32N2O3/c1-18-7-9-22(10-8-18)26-13-20-11-21(14-26)16-27(15-20,17-26)29-25(32)28-23(24(30)31)12-19-5-3-2-4-6-19/h2-10,20-21,23H,11-17H2,1H3,(H,30,31)(H2,28,29,32)/t20-,21+,23-,26?,27?/m0/s1. The van der Waals surface area contributed by atoms with E-state index in [4.69, 9.17) is 0 Å². The van der Waals surface area contributed by atoms with Crippen LogP contribution in [0, 0.1) is 18.8 Å². The maximum absolute atomic E-state index is 13.0. The van der Waals surface area contributed by atoms with Crippen LogP contribution in [0.3, 0.4) is 0 Å². The SMILES string of the molecule is Cc1ccc(C23C[C@@H]4C[C@@H](CC(NC(=O)N[C@@H](Cc5ccccc5)C(=O)O)(C4)C2)C3)cc1. The van der Waals surface area contributed by atoms with Crippen molar-refractivity contribution in [1.82, 2.24) is 10.6 Å². The minimum atomic E-state index is -1.01. The van der Waals surface area contributed by atoms with E-state index in [-0.39, 0.29) is 23.4 Å². The molecule has 2 aromatic carbocycles. The molecule has 0 radical (unpaired) electrons. The number of urea groups is 1. The van der Waals surface area contributed by atoms with Gasteiger partial charge in [0, 0.05) is 12.0 Å². The molecule has 0 heterocycles. The summed E-state index contributed by atoms with van der Waals surface area (Å²) < 4.78 is 0. The molecule has 4 saturated carbocycles. The third kappa shape index (κ3) is 4.01. The van der Waals surface area contributed by atoms with Gasteiger partial charge in [0.05, 0.1) is 0 Å². The number of rotatable bonds is 6. The predicted octanol–water partition coefficient (Wildman–Crippen LogP) is 4.58. The molecule has 0 aromatic heterocycles. The Balaban J connectivity index is 1.32. The highest BCUT2D eigenvalue weighted by Crippen LogP contribution is 2.62. The molecule has 3 N–H and O–H groups in total. The summed E-state index contributed by atoms with van der Waals surface area (Å²) in [5, 5.41) is 15.7. The summed E-state index contributed by atoms with van der Waals surface area (Å²) in [7, 11) is 0. The van der Waals surface area contributed by atoms with Gasteiger partial charge >= 0.3 is 12.0 Å². The highest BCUT2D eigenvalue weighted by Gasteiger charge is 2.58. The summed E-state index contributed by atoms with van der Waals surface area (Å²) in [6, 6.07) is 17.1. The number of hydrogen-bond donors (Lipinski definition) is 3. The lowest BCUT2D eigenvalue weighted by molar-refractivity contribution is -0.139. The molecule has 32 heavy (non-hydrogen) atoms.